The average molecular weight is 318 g/mol. The van der Waals surface area contributed by atoms with E-state index in [1.54, 1.807) is 0 Å². The van der Waals surface area contributed by atoms with Crippen LogP contribution in [0, 0.1) is 28.6 Å². The van der Waals surface area contributed by atoms with Gasteiger partial charge in [-0.1, -0.05) is 37.6 Å². The number of hydrogen-bond acceptors (Lipinski definition) is 3. The minimum atomic E-state index is -1.28. The van der Waals surface area contributed by atoms with Crippen LogP contribution in [0.1, 0.15) is 52.9 Å². The second kappa shape index (κ2) is 4.50. The average Bonchev–Trinajstić information content (AvgIpc) is 2.80. The van der Waals surface area contributed by atoms with Crippen LogP contribution < -0.4 is 0 Å². The normalized spacial score (nSPS) is 54.3. The van der Waals surface area contributed by atoms with Crippen LogP contribution >= 0.6 is 0 Å². The zero-order valence-electron chi connectivity index (χ0n) is 14.5. The molecule has 3 heteroatoms. The summed E-state index contributed by atoms with van der Waals surface area (Å²) in [6, 6.07) is 0. The largest absolute Gasteiger partial charge is 0.392 e. The Labute approximate surface area is 139 Å². The van der Waals surface area contributed by atoms with Crippen LogP contribution in [0.2, 0.25) is 0 Å². The third kappa shape index (κ3) is 1.71. The molecule has 0 heterocycles. The second-order valence-corrected chi connectivity index (χ2v) is 9.30. The summed E-state index contributed by atoms with van der Waals surface area (Å²) in [5, 5.41) is 33.2. The molecule has 2 bridgehead atoms. The molecule has 23 heavy (non-hydrogen) atoms. The predicted octanol–water partition coefficient (Wildman–Crippen LogP) is 2.81. The quantitative estimate of drug-likeness (QED) is 0.602. The monoisotopic (exact) mass is 318 g/mol. The van der Waals surface area contributed by atoms with Gasteiger partial charge < -0.3 is 15.3 Å². The fourth-order valence-corrected chi connectivity index (χ4v) is 6.58. The summed E-state index contributed by atoms with van der Waals surface area (Å²) in [5.74, 6) is 0.751. The molecule has 4 aliphatic carbocycles. The van der Waals surface area contributed by atoms with E-state index in [1.165, 1.54) is 12.0 Å². The van der Waals surface area contributed by atoms with Crippen LogP contribution in [0.25, 0.3) is 0 Å². The van der Waals surface area contributed by atoms with Gasteiger partial charge in [0.05, 0.1) is 12.2 Å². The van der Waals surface area contributed by atoms with Gasteiger partial charge in [-0.3, -0.25) is 0 Å². The van der Waals surface area contributed by atoms with Crippen molar-refractivity contribution in [2.24, 2.45) is 28.6 Å². The Morgan fingerprint density at radius 3 is 2.48 bits per heavy atom. The highest BCUT2D eigenvalue weighted by Crippen LogP contribution is 2.66. The van der Waals surface area contributed by atoms with Gasteiger partial charge in [-0.05, 0) is 56.3 Å². The maximum Gasteiger partial charge on any atom is 0.105 e. The van der Waals surface area contributed by atoms with Crippen molar-refractivity contribution in [1.82, 2.24) is 0 Å². The zero-order valence-corrected chi connectivity index (χ0v) is 14.5. The van der Waals surface area contributed by atoms with Crippen LogP contribution in [-0.4, -0.2) is 33.1 Å². The van der Waals surface area contributed by atoms with Crippen molar-refractivity contribution in [3.05, 3.63) is 23.8 Å². The van der Waals surface area contributed by atoms with Gasteiger partial charge in [0.2, 0.25) is 0 Å². The van der Waals surface area contributed by atoms with Crippen molar-refractivity contribution in [1.29, 1.82) is 0 Å². The molecule has 0 saturated heterocycles. The first-order chi connectivity index (χ1) is 10.6. The fraction of sp³-hybridized carbons (Fsp3) is 0.800. The molecule has 3 saturated carbocycles. The molecular formula is C20H30O3. The summed E-state index contributed by atoms with van der Waals surface area (Å²) in [5.41, 5.74) is 0.477. The SMILES string of the molecule is C=C1[C@@H]2CC[C@@H]3C[C@]2(C=C3C)C[C@H](O)[C@@]2(O)[C@H]1C[C@H](O)C2(C)C. The van der Waals surface area contributed by atoms with Gasteiger partial charge in [0.1, 0.15) is 5.60 Å². The molecule has 0 radical (unpaired) electrons. The van der Waals surface area contributed by atoms with E-state index in [4.69, 9.17) is 0 Å². The van der Waals surface area contributed by atoms with Crippen LogP contribution in [0.3, 0.4) is 0 Å². The Balaban J connectivity index is 1.84. The van der Waals surface area contributed by atoms with Gasteiger partial charge in [0.15, 0.2) is 0 Å². The summed E-state index contributed by atoms with van der Waals surface area (Å²) >= 11 is 0. The standard InChI is InChI=1S/C20H30O3/c1-11-8-19-9-13(11)5-6-14(19)12(2)15-7-16(21)18(3,4)20(15,23)17(22)10-19/h8,13-17,21-23H,2,5-7,9-10H2,1,3-4H3/t13-,14+,15+,16+,17+,19-,20+/m1/s1. The Hall–Kier alpha value is -0.640. The molecule has 3 fully saturated rings. The van der Waals surface area contributed by atoms with Gasteiger partial charge >= 0.3 is 0 Å². The molecule has 4 aliphatic rings. The predicted molar refractivity (Wildman–Crippen MR) is 89.6 cm³/mol. The lowest BCUT2D eigenvalue weighted by molar-refractivity contribution is -0.167. The van der Waals surface area contributed by atoms with Crippen molar-refractivity contribution < 1.29 is 15.3 Å². The molecule has 0 aromatic carbocycles. The number of rotatable bonds is 0. The fourth-order valence-electron chi connectivity index (χ4n) is 6.58. The number of hydrogen-bond donors (Lipinski definition) is 3. The highest BCUT2D eigenvalue weighted by molar-refractivity contribution is 5.34. The lowest BCUT2D eigenvalue weighted by Crippen LogP contribution is -2.56. The van der Waals surface area contributed by atoms with Gasteiger partial charge in [-0.15, -0.1) is 0 Å². The van der Waals surface area contributed by atoms with E-state index < -0.39 is 23.2 Å². The Morgan fingerprint density at radius 2 is 1.78 bits per heavy atom. The van der Waals surface area contributed by atoms with Crippen LogP contribution in [0.5, 0.6) is 0 Å². The van der Waals surface area contributed by atoms with E-state index in [0.717, 1.165) is 18.4 Å². The van der Waals surface area contributed by atoms with Gasteiger partial charge in [0.25, 0.3) is 0 Å². The summed E-state index contributed by atoms with van der Waals surface area (Å²) in [6.45, 7) is 10.4. The maximum absolute atomic E-state index is 11.6. The molecule has 0 aromatic heterocycles. The third-order valence-electron chi connectivity index (χ3n) is 8.12. The van der Waals surface area contributed by atoms with E-state index >= 15 is 0 Å². The molecule has 3 N–H and O–H groups in total. The molecule has 0 unspecified atom stereocenters. The first-order valence-electron chi connectivity index (χ1n) is 9.10. The smallest absolute Gasteiger partial charge is 0.105 e. The number of aliphatic hydroxyl groups excluding tert-OH is 2. The third-order valence-corrected chi connectivity index (χ3v) is 8.12. The molecule has 3 nitrogen and oxygen atoms in total. The molecule has 7 atom stereocenters. The van der Waals surface area contributed by atoms with Crippen LogP contribution in [0.15, 0.2) is 23.8 Å². The lowest BCUT2D eigenvalue weighted by Gasteiger charge is -2.44. The zero-order chi connectivity index (χ0) is 16.8. The first-order valence-corrected chi connectivity index (χ1v) is 9.10. The summed E-state index contributed by atoms with van der Waals surface area (Å²) in [7, 11) is 0. The topological polar surface area (TPSA) is 60.7 Å². The molecule has 0 aliphatic heterocycles. The molecule has 128 valence electrons. The molecule has 4 rings (SSSR count). The van der Waals surface area contributed by atoms with Crippen molar-refractivity contribution in [2.45, 2.75) is 70.7 Å². The second-order valence-electron chi connectivity index (χ2n) is 9.30. The van der Waals surface area contributed by atoms with E-state index in [2.05, 4.69) is 19.6 Å². The minimum Gasteiger partial charge on any atom is -0.392 e. The van der Waals surface area contributed by atoms with E-state index in [-0.39, 0.29) is 11.3 Å². The number of fused-ring (bicyclic) bond motifs is 2. The number of allylic oxidation sites excluding steroid dienone is 2. The van der Waals surface area contributed by atoms with Crippen LogP contribution in [-0.2, 0) is 0 Å². The highest BCUT2D eigenvalue weighted by Gasteiger charge is 2.67. The minimum absolute atomic E-state index is 0.0371. The van der Waals surface area contributed by atoms with E-state index in [9.17, 15) is 15.3 Å². The Morgan fingerprint density at radius 1 is 1.09 bits per heavy atom. The molecular weight excluding hydrogens is 288 g/mol. The summed E-state index contributed by atoms with van der Waals surface area (Å²) in [6.07, 6.45) is 5.43. The highest BCUT2D eigenvalue weighted by atomic mass is 16.3. The Bertz CT molecular complexity index is 592. The van der Waals surface area contributed by atoms with Gasteiger partial charge in [0, 0.05) is 11.3 Å². The van der Waals surface area contributed by atoms with Crippen LogP contribution in [0.4, 0.5) is 0 Å². The summed E-state index contributed by atoms with van der Waals surface area (Å²) < 4.78 is 0. The van der Waals surface area contributed by atoms with Gasteiger partial charge in [-0.25, -0.2) is 0 Å². The van der Waals surface area contributed by atoms with Crippen molar-refractivity contribution in [3.63, 3.8) is 0 Å². The van der Waals surface area contributed by atoms with Crippen molar-refractivity contribution >= 4 is 0 Å². The number of aliphatic hydroxyl groups is 3. The van der Waals surface area contributed by atoms with E-state index in [1.807, 2.05) is 13.8 Å². The lowest BCUT2D eigenvalue weighted by atomic mass is 9.62. The summed E-state index contributed by atoms with van der Waals surface area (Å²) in [4.78, 5) is 0. The molecule has 0 aromatic rings. The maximum atomic E-state index is 11.6. The first kappa shape index (κ1) is 15.9. The van der Waals surface area contributed by atoms with E-state index in [0.29, 0.717) is 24.7 Å². The van der Waals surface area contributed by atoms with Crippen molar-refractivity contribution in [2.75, 3.05) is 0 Å². The van der Waals surface area contributed by atoms with Gasteiger partial charge in [-0.2, -0.15) is 0 Å². The Kier molecular flexibility index (Phi) is 3.10. The van der Waals surface area contributed by atoms with Crippen molar-refractivity contribution in [3.8, 4) is 0 Å². The molecule has 0 amide bonds. The molecule has 1 spiro atoms.